The molecular formula is C19H23N3OS. The fourth-order valence-corrected chi connectivity index (χ4v) is 4.88. The number of piperidine rings is 3. The summed E-state index contributed by atoms with van der Waals surface area (Å²) < 4.78 is 0. The van der Waals surface area contributed by atoms with Gasteiger partial charge in [-0.05, 0) is 63.4 Å². The fraction of sp³-hybridized carbons (Fsp3) is 0.474. The molecule has 5 rings (SSSR count). The molecule has 24 heavy (non-hydrogen) atoms. The van der Waals surface area contributed by atoms with Crippen LogP contribution < -0.4 is 5.32 Å². The highest BCUT2D eigenvalue weighted by Gasteiger charge is 2.34. The Kier molecular flexibility index (Phi) is 4.14. The van der Waals surface area contributed by atoms with E-state index in [4.69, 9.17) is 0 Å². The van der Waals surface area contributed by atoms with E-state index in [9.17, 15) is 4.79 Å². The first kappa shape index (κ1) is 15.8. The molecule has 0 radical (unpaired) electrons. The van der Waals surface area contributed by atoms with Crippen molar-refractivity contribution in [1.82, 2.24) is 15.2 Å². The first-order valence-corrected chi connectivity index (χ1v) is 9.49. The number of benzene rings is 1. The van der Waals surface area contributed by atoms with E-state index in [-0.39, 0.29) is 5.91 Å². The molecule has 3 aliphatic rings. The number of carbonyl (C=O) groups is 1. The molecule has 126 valence electrons. The maximum Gasteiger partial charge on any atom is 0.251 e. The van der Waals surface area contributed by atoms with Gasteiger partial charge in [0.25, 0.3) is 5.91 Å². The lowest BCUT2D eigenvalue weighted by atomic mass is 9.84. The average Bonchev–Trinajstić information content (AvgIpc) is 2.94. The van der Waals surface area contributed by atoms with E-state index in [0.717, 1.165) is 28.4 Å². The Morgan fingerprint density at radius 1 is 1.21 bits per heavy atom. The summed E-state index contributed by atoms with van der Waals surface area (Å²) in [4.78, 5) is 20.7. The van der Waals surface area contributed by atoms with E-state index in [1.54, 1.807) is 11.3 Å². The molecule has 3 fully saturated rings. The van der Waals surface area contributed by atoms with Gasteiger partial charge in [-0.2, -0.15) is 0 Å². The third-order valence-corrected chi connectivity index (χ3v) is 6.41. The van der Waals surface area contributed by atoms with Crippen LogP contribution in [0.1, 0.15) is 33.9 Å². The van der Waals surface area contributed by atoms with Crippen molar-refractivity contribution >= 4 is 17.2 Å². The summed E-state index contributed by atoms with van der Waals surface area (Å²) in [6, 6.07) is 8.24. The van der Waals surface area contributed by atoms with Crippen LogP contribution in [0.25, 0.3) is 10.4 Å². The number of fused-ring (bicyclic) bond motifs is 3. The highest BCUT2D eigenvalue weighted by atomic mass is 32.1. The monoisotopic (exact) mass is 341 g/mol. The number of rotatable bonds is 3. The normalized spacial score (nSPS) is 25.7. The zero-order valence-electron chi connectivity index (χ0n) is 14.2. The molecule has 3 saturated heterocycles. The van der Waals surface area contributed by atoms with Crippen LogP contribution in [0.2, 0.25) is 0 Å². The molecule has 1 N–H and O–H groups in total. The average molecular weight is 341 g/mol. The minimum Gasteiger partial charge on any atom is -0.348 e. The number of carbonyl (C=O) groups excluding carboxylic acids is 1. The van der Waals surface area contributed by atoms with Crippen molar-refractivity contribution in [2.75, 3.05) is 19.6 Å². The Hall–Kier alpha value is -1.72. The van der Waals surface area contributed by atoms with Crippen molar-refractivity contribution in [1.29, 1.82) is 0 Å². The van der Waals surface area contributed by atoms with Gasteiger partial charge in [-0.1, -0.05) is 12.1 Å². The maximum atomic E-state index is 12.6. The number of aromatic nitrogens is 1. The fourth-order valence-electron chi connectivity index (χ4n) is 3.95. The number of hydrogen-bond acceptors (Lipinski definition) is 4. The SMILES string of the molecule is Cc1nc(C)c(-c2ccc(C(=O)N[C@H]3CN4CCC3CC4)cc2)s1. The Morgan fingerprint density at radius 2 is 1.92 bits per heavy atom. The van der Waals surface area contributed by atoms with Gasteiger partial charge in [-0.25, -0.2) is 4.98 Å². The van der Waals surface area contributed by atoms with Gasteiger partial charge in [0.05, 0.1) is 15.6 Å². The Labute approximate surface area is 146 Å². The number of nitrogens with zero attached hydrogens (tertiary/aromatic N) is 2. The van der Waals surface area contributed by atoms with Crippen molar-refractivity contribution in [3.05, 3.63) is 40.5 Å². The van der Waals surface area contributed by atoms with Crippen molar-refractivity contribution in [3.63, 3.8) is 0 Å². The lowest BCUT2D eigenvalue weighted by molar-refractivity contribution is 0.0620. The van der Waals surface area contributed by atoms with Gasteiger partial charge >= 0.3 is 0 Å². The highest BCUT2D eigenvalue weighted by Crippen LogP contribution is 2.30. The summed E-state index contributed by atoms with van der Waals surface area (Å²) in [6.07, 6.45) is 2.43. The summed E-state index contributed by atoms with van der Waals surface area (Å²) in [5.41, 5.74) is 2.94. The van der Waals surface area contributed by atoms with Gasteiger partial charge in [-0.15, -0.1) is 11.3 Å². The van der Waals surface area contributed by atoms with E-state index in [1.165, 1.54) is 30.8 Å². The van der Waals surface area contributed by atoms with Crippen LogP contribution >= 0.6 is 11.3 Å². The number of nitrogens with one attached hydrogen (secondary N) is 1. The van der Waals surface area contributed by atoms with Crippen LogP contribution in [0.4, 0.5) is 0 Å². The van der Waals surface area contributed by atoms with Gasteiger partial charge in [0.2, 0.25) is 0 Å². The Balaban J connectivity index is 1.46. The smallest absolute Gasteiger partial charge is 0.251 e. The van der Waals surface area contributed by atoms with Crippen LogP contribution in [-0.4, -0.2) is 41.5 Å². The predicted molar refractivity (Wildman–Crippen MR) is 97.4 cm³/mol. The van der Waals surface area contributed by atoms with Crippen molar-refractivity contribution in [2.24, 2.45) is 5.92 Å². The van der Waals surface area contributed by atoms with E-state index >= 15 is 0 Å². The Morgan fingerprint density at radius 3 is 2.46 bits per heavy atom. The van der Waals surface area contributed by atoms with Crippen molar-refractivity contribution in [3.8, 4) is 10.4 Å². The van der Waals surface area contributed by atoms with Gasteiger partial charge < -0.3 is 10.2 Å². The van der Waals surface area contributed by atoms with Crippen LogP contribution in [-0.2, 0) is 0 Å². The second-order valence-electron chi connectivity index (χ2n) is 6.94. The lowest BCUT2D eigenvalue weighted by Crippen LogP contribution is -2.57. The number of thiazole rings is 1. The third-order valence-electron chi connectivity index (χ3n) is 5.29. The highest BCUT2D eigenvalue weighted by molar-refractivity contribution is 7.15. The summed E-state index contributed by atoms with van der Waals surface area (Å²) in [6.45, 7) is 7.45. The summed E-state index contributed by atoms with van der Waals surface area (Å²) in [7, 11) is 0. The van der Waals surface area contributed by atoms with E-state index in [2.05, 4.69) is 15.2 Å². The minimum atomic E-state index is 0.0532. The van der Waals surface area contributed by atoms with Crippen LogP contribution in [0.5, 0.6) is 0 Å². The predicted octanol–water partition coefficient (Wildman–Crippen LogP) is 3.25. The van der Waals surface area contributed by atoms with Crippen LogP contribution in [0.3, 0.4) is 0 Å². The molecule has 2 bridgehead atoms. The van der Waals surface area contributed by atoms with Crippen molar-refractivity contribution < 1.29 is 4.79 Å². The molecule has 3 aliphatic heterocycles. The van der Waals surface area contributed by atoms with Gasteiger partial charge in [0, 0.05) is 18.2 Å². The standard InChI is InChI=1S/C19H23N3OS/c1-12-18(24-13(2)20-12)15-3-5-16(6-4-15)19(23)21-17-11-22-9-7-14(17)8-10-22/h3-6,14,17H,7-11H2,1-2H3,(H,21,23)/t17-/m0/s1. The van der Waals surface area contributed by atoms with Gasteiger partial charge in [0.15, 0.2) is 0 Å². The van der Waals surface area contributed by atoms with Gasteiger partial charge in [0.1, 0.15) is 0 Å². The molecule has 0 unspecified atom stereocenters. The molecule has 0 spiro atoms. The largest absolute Gasteiger partial charge is 0.348 e. The lowest BCUT2D eigenvalue weighted by Gasteiger charge is -2.44. The maximum absolute atomic E-state index is 12.6. The molecule has 0 aliphatic carbocycles. The number of aryl methyl sites for hydroxylation is 2. The molecule has 4 heterocycles. The molecule has 1 aromatic heterocycles. The molecular weight excluding hydrogens is 318 g/mol. The van der Waals surface area contributed by atoms with Crippen molar-refractivity contribution in [2.45, 2.75) is 32.7 Å². The topological polar surface area (TPSA) is 45.2 Å². The molecule has 2 aromatic rings. The summed E-state index contributed by atoms with van der Waals surface area (Å²) in [5, 5.41) is 4.33. The zero-order chi connectivity index (χ0) is 16.7. The zero-order valence-corrected chi connectivity index (χ0v) is 15.0. The first-order chi connectivity index (χ1) is 11.6. The second-order valence-corrected chi connectivity index (χ2v) is 8.15. The molecule has 1 atom stereocenters. The molecule has 0 saturated carbocycles. The van der Waals surface area contributed by atoms with E-state index < -0.39 is 0 Å². The van der Waals surface area contributed by atoms with E-state index in [0.29, 0.717) is 12.0 Å². The minimum absolute atomic E-state index is 0.0532. The first-order valence-electron chi connectivity index (χ1n) is 8.68. The van der Waals surface area contributed by atoms with Crippen LogP contribution in [0, 0.1) is 19.8 Å². The molecule has 1 amide bonds. The molecule has 5 heteroatoms. The van der Waals surface area contributed by atoms with Gasteiger partial charge in [-0.3, -0.25) is 4.79 Å². The third kappa shape index (κ3) is 2.98. The van der Waals surface area contributed by atoms with Crippen LogP contribution in [0.15, 0.2) is 24.3 Å². The number of hydrogen-bond donors (Lipinski definition) is 1. The Bertz CT molecular complexity index is 744. The molecule has 1 aromatic carbocycles. The quantitative estimate of drug-likeness (QED) is 0.932. The summed E-state index contributed by atoms with van der Waals surface area (Å²) >= 11 is 1.70. The van der Waals surface area contributed by atoms with E-state index in [1.807, 2.05) is 38.1 Å². The second kappa shape index (κ2) is 6.30. The number of amides is 1. The summed E-state index contributed by atoms with van der Waals surface area (Å²) in [5.74, 6) is 0.707. The molecule has 4 nitrogen and oxygen atoms in total.